The summed E-state index contributed by atoms with van der Waals surface area (Å²) in [5, 5.41) is 11.5. The third kappa shape index (κ3) is 5.60. The Morgan fingerprint density at radius 3 is 2.50 bits per heavy atom. The molecule has 1 N–H and O–H groups in total. The number of carbonyl (C=O) groups is 2. The Kier molecular flexibility index (Phi) is 7.45. The first-order valence-electron chi connectivity index (χ1n) is 9.19. The molecule has 2 aromatic carbocycles. The van der Waals surface area contributed by atoms with Crippen molar-refractivity contribution in [1.82, 2.24) is 20.1 Å². The normalized spacial score (nSPS) is 11.5. The molecule has 1 amide bonds. The Morgan fingerprint density at radius 2 is 1.83 bits per heavy atom. The van der Waals surface area contributed by atoms with Crippen LogP contribution >= 0.6 is 11.8 Å². The van der Waals surface area contributed by atoms with Crippen molar-refractivity contribution < 1.29 is 19.1 Å². The first-order valence-corrected chi connectivity index (χ1v) is 10.2. The van der Waals surface area contributed by atoms with Gasteiger partial charge in [0.2, 0.25) is 5.91 Å². The molecule has 1 unspecified atom stereocenters. The van der Waals surface area contributed by atoms with Crippen LogP contribution in [0, 0.1) is 0 Å². The maximum atomic E-state index is 12.6. The minimum absolute atomic E-state index is 0.0545. The fraction of sp³-hybridized carbons (Fsp3) is 0.238. The SMILES string of the molecule is COC(=O)CC(NC(=O)CSc1nncn1-c1ccc(OC)cc1)c1ccccc1. The minimum atomic E-state index is -0.466. The molecule has 9 heteroatoms. The number of nitrogens with zero attached hydrogens (tertiary/aromatic N) is 3. The van der Waals surface area contributed by atoms with Gasteiger partial charge in [-0.2, -0.15) is 0 Å². The van der Waals surface area contributed by atoms with Crippen LogP contribution in [0.4, 0.5) is 0 Å². The van der Waals surface area contributed by atoms with Crippen LogP contribution < -0.4 is 10.1 Å². The van der Waals surface area contributed by atoms with E-state index in [4.69, 9.17) is 9.47 Å². The predicted molar refractivity (Wildman–Crippen MR) is 113 cm³/mol. The van der Waals surface area contributed by atoms with Gasteiger partial charge in [-0.05, 0) is 29.8 Å². The van der Waals surface area contributed by atoms with Crippen LogP contribution in [-0.4, -0.2) is 46.6 Å². The van der Waals surface area contributed by atoms with E-state index in [9.17, 15) is 9.59 Å². The molecule has 0 bridgehead atoms. The van der Waals surface area contributed by atoms with Crippen LogP contribution in [0.15, 0.2) is 66.1 Å². The number of esters is 1. The predicted octanol–water partition coefficient (Wildman–Crippen LogP) is 2.79. The maximum absolute atomic E-state index is 12.6. The second-order valence-corrected chi connectivity index (χ2v) is 7.22. The van der Waals surface area contributed by atoms with Crippen LogP contribution in [0.2, 0.25) is 0 Å². The summed E-state index contributed by atoms with van der Waals surface area (Å²) >= 11 is 1.26. The number of hydrogen-bond acceptors (Lipinski definition) is 7. The maximum Gasteiger partial charge on any atom is 0.307 e. The van der Waals surface area contributed by atoms with Crippen LogP contribution in [-0.2, 0) is 14.3 Å². The number of benzene rings is 2. The number of nitrogens with one attached hydrogen (secondary N) is 1. The molecule has 0 aliphatic carbocycles. The highest BCUT2D eigenvalue weighted by molar-refractivity contribution is 7.99. The Hall–Kier alpha value is -3.33. The van der Waals surface area contributed by atoms with Gasteiger partial charge in [-0.1, -0.05) is 42.1 Å². The summed E-state index contributed by atoms with van der Waals surface area (Å²) in [6, 6.07) is 16.3. The summed E-state index contributed by atoms with van der Waals surface area (Å²) in [6.45, 7) is 0. The quantitative estimate of drug-likeness (QED) is 0.415. The second kappa shape index (κ2) is 10.4. The zero-order chi connectivity index (χ0) is 21.3. The van der Waals surface area contributed by atoms with Gasteiger partial charge in [-0.25, -0.2) is 0 Å². The van der Waals surface area contributed by atoms with Crippen molar-refractivity contribution in [3.8, 4) is 11.4 Å². The smallest absolute Gasteiger partial charge is 0.307 e. The number of aromatic nitrogens is 3. The van der Waals surface area contributed by atoms with Crippen molar-refractivity contribution in [1.29, 1.82) is 0 Å². The van der Waals surface area contributed by atoms with E-state index in [0.29, 0.717) is 5.16 Å². The van der Waals surface area contributed by atoms with E-state index in [2.05, 4.69) is 15.5 Å². The number of methoxy groups -OCH3 is 2. The molecule has 0 aliphatic heterocycles. The molecule has 1 atom stereocenters. The molecule has 3 rings (SSSR count). The van der Waals surface area contributed by atoms with E-state index in [1.807, 2.05) is 54.6 Å². The number of amides is 1. The van der Waals surface area contributed by atoms with Crippen LogP contribution in [0.5, 0.6) is 5.75 Å². The number of carbonyl (C=O) groups excluding carboxylic acids is 2. The minimum Gasteiger partial charge on any atom is -0.497 e. The Morgan fingerprint density at radius 1 is 1.10 bits per heavy atom. The molecule has 0 saturated carbocycles. The van der Waals surface area contributed by atoms with Gasteiger partial charge in [0.25, 0.3) is 0 Å². The van der Waals surface area contributed by atoms with E-state index >= 15 is 0 Å². The lowest BCUT2D eigenvalue weighted by Crippen LogP contribution is -2.31. The average molecular weight is 426 g/mol. The highest BCUT2D eigenvalue weighted by atomic mass is 32.2. The summed E-state index contributed by atoms with van der Waals surface area (Å²) in [4.78, 5) is 24.3. The van der Waals surface area contributed by atoms with Crippen LogP contribution in [0.1, 0.15) is 18.0 Å². The first kappa shape index (κ1) is 21.4. The topological polar surface area (TPSA) is 95.3 Å². The van der Waals surface area contributed by atoms with Crippen molar-refractivity contribution in [3.63, 3.8) is 0 Å². The number of ether oxygens (including phenoxy) is 2. The molecular formula is C21H22N4O4S. The number of rotatable bonds is 9. The third-order valence-corrected chi connectivity index (χ3v) is 5.28. The Labute approximate surface area is 178 Å². The van der Waals surface area contributed by atoms with Gasteiger partial charge < -0.3 is 14.8 Å². The molecule has 0 fully saturated rings. The van der Waals surface area contributed by atoms with Gasteiger partial charge in [-0.3, -0.25) is 14.2 Å². The zero-order valence-electron chi connectivity index (χ0n) is 16.6. The lowest BCUT2D eigenvalue weighted by molar-refractivity contribution is -0.141. The van der Waals surface area contributed by atoms with Gasteiger partial charge in [0.05, 0.1) is 32.4 Å². The molecule has 8 nitrogen and oxygen atoms in total. The van der Waals surface area contributed by atoms with E-state index in [0.717, 1.165) is 17.0 Å². The van der Waals surface area contributed by atoms with Gasteiger partial charge >= 0.3 is 5.97 Å². The fourth-order valence-electron chi connectivity index (χ4n) is 2.80. The Balaban J connectivity index is 1.64. The summed E-state index contributed by atoms with van der Waals surface area (Å²) in [5.74, 6) is 0.260. The van der Waals surface area contributed by atoms with Crippen LogP contribution in [0.25, 0.3) is 5.69 Å². The molecule has 0 spiro atoms. The summed E-state index contributed by atoms with van der Waals surface area (Å²) in [5.41, 5.74) is 1.69. The first-order chi connectivity index (χ1) is 14.6. The summed E-state index contributed by atoms with van der Waals surface area (Å²) in [7, 11) is 2.94. The molecule has 156 valence electrons. The Bertz CT molecular complexity index is 976. The van der Waals surface area contributed by atoms with Crippen molar-refractivity contribution in [2.45, 2.75) is 17.6 Å². The van der Waals surface area contributed by atoms with Gasteiger partial charge in [-0.15, -0.1) is 10.2 Å². The second-order valence-electron chi connectivity index (χ2n) is 6.28. The van der Waals surface area contributed by atoms with Gasteiger partial charge in [0.15, 0.2) is 5.16 Å². The lowest BCUT2D eigenvalue weighted by Gasteiger charge is -2.18. The van der Waals surface area contributed by atoms with E-state index < -0.39 is 12.0 Å². The fourth-order valence-corrected chi connectivity index (χ4v) is 3.54. The average Bonchev–Trinajstić information content (AvgIpc) is 3.26. The van der Waals surface area contributed by atoms with Gasteiger partial charge in [0.1, 0.15) is 12.1 Å². The van der Waals surface area contributed by atoms with Crippen molar-refractivity contribution >= 4 is 23.6 Å². The largest absolute Gasteiger partial charge is 0.497 e. The van der Waals surface area contributed by atoms with Crippen molar-refractivity contribution in [2.24, 2.45) is 0 Å². The third-order valence-electron chi connectivity index (χ3n) is 4.34. The van der Waals surface area contributed by atoms with E-state index in [1.54, 1.807) is 18.0 Å². The molecule has 0 radical (unpaired) electrons. The summed E-state index contributed by atoms with van der Waals surface area (Å²) in [6.07, 6.45) is 1.64. The van der Waals surface area contributed by atoms with Crippen molar-refractivity contribution in [2.75, 3.05) is 20.0 Å². The van der Waals surface area contributed by atoms with E-state index in [-0.39, 0.29) is 18.1 Å². The molecule has 0 aliphatic rings. The monoisotopic (exact) mass is 426 g/mol. The number of thioether (sulfide) groups is 1. The van der Waals surface area contributed by atoms with Crippen molar-refractivity contribution in [3.05, 3.63) is 66.5 Å². The highest BCUT2D eigenvalue weighted by Crippen LogP contribution is 2.22. The van der Waals surface area contributed by atoms with E-state index in [1.165, 1.54) is 18.9 Å². The molecule has 3 aromatic rings. The van der Waals surface area contributed by atoms with Gasteiger partial charge in [0, 0.05) is 5.69 Å². The van der Waals surface area contributed by atoms with Crippen LogP contribution in [0.3, 0.4) is 0 Å². The molecule has 1 heterocycles. The zero-order valence-corrected chi connectivity index (χ0v) is 17.5. The molecule has 30 heavy (non-hydrogen) atoms. The molecule has 0 saturated heterocycles. The molecule has 1 aromatic heterocycles. The standard InChI is InChI=1S/C21H22N4O4S/c1-28-17-10-8-16(9-11-17)25-14-22-24-21(25)30-13-19(26)23-18(12-20(27)29-2)15-6-4-3-5-7-15/h3-11,14,18H,12-13H2,1-2H3,(H,23,26). The molecular weight excluding hydrogens is 404 g/mol. The lowest BCUT2D eigenvalue weighted by atomic mass is 10.0. The summed E-state index contributed by atoms with van der Waals surface area (Å²) < 4.78 is 11.7. The number of hydrogen-bond donors (Lipinski definition) is 1. The highest BCUT2D eigenvalue weighted by Gasteiger charge is 2.19.